The molecular weight excluding hydrogens is 420 g/mol. The smallest absolute Gasteiger partial charge is 0.234 e. The minimum absolute atomic E-state index is 0.0931. The molecule has 7 nitrogen and oxygen atoms in total. The van der Waals surface area contributed by atoms with Crippen LogP contribution >= 0.6 is 23.5 Å². The van der Waals surface area contributed by atoms with Crippen molar-refractivity contribution in [3.63, 3.8) is 0 Å². The SMILES string of the molecule is COc1cc2[nH]c3c(SCC(=O)Nc4cccc(SC)c4)ncnc3c2cc1OC. The van der Waals surface area contributed by atoms with E-state index < -0.39 is 0 Å². The van der Waals surface area contributed by atoms with Crippen LogP contribution in [0.3, 0.4) is 0 Å². The third kappa shape index (κ3) is 4.03. The molecule has 0 aliphatic rings. The van der Waals surface area contributed by atoms with E-state index in [4.69, 9.17) is 9.47 Å². The van der Waals surface area contributed by atoms with Crippen molar-refractivity contribution in [3.05, 3.63) is 42.7 Å². The summed E-state index contributed by atoms with van der Waals surface area (Å²) >= 11 is 2.99. The molecule has 9 heteroatoms. The molecule has 0 radical (unpaired) electrons. The highest BCUT2D eigenvalue weighted by atomic mass is 32.2. The van der Waals surface area contributed by atoms with Crippen molar-refractivity contribution in [1.82, 2.24) is 15.0 Å². The number of thioether (sulfide) groups is 2. The van der Waals surface area contributed by atoms with E-state index in [9.17, 15) is 4.79 Å². The van der Waals surface area contributed by atoms with E-state index in [1.165, 1.54) is 18.1 Å². The fourth-order valence-electron chi connectivity index (χ4n) is 3.14. The van der Waals surface area contributed by atoms with E-state index >= 15 is 0 Å². The normalized spacial score (nSPS) is 11.0. The zero-order chi connectivity index (χ0) is 21.1. The van der Waals surface area contributed by atoms with Crippen molar-refractivity contribution in [2.75, 3.05) is 31.5 Å². The maximum atomic E-state index is 12.4. The van der Waals surface area contributed by atoms with Crippen LogP contribution in [-0.2, 0) is 4.79 Å². The fraction of sp³-hybridized carbons (Fsp3) is 0.190. The number of nitrogens with one attached hydrogen (secondary N) is 2. The molecule has 2 aromatic carbocycles. The number of methoxy groups -OCH3 is 2. The first-order valence-corrected chi connectivity index (χ1v) is 11.3. The first kappa shape index (κ1) is 20.4. The summed E-state index contributed by atoms with van der Waals surface area (Å²) in [4.78, 5) is 25.7. The molecule has 4 rings (SSSR count). The van der Waals surface area contributed by atoms with Gasteiger partial charge in [-0.3, -0.25) is 4.79 Å². The third-order valence-electron chi connectivity index (χ3n) is 4.54. The molecule has 2 N–H and O–H groups in total. The summed E-state index contributed by atoms with van der Waals surface area (Å²) in [6, 6.07) is 11.5. The Hall–Kier alpha value is -2.91. The molecule has 0 aliphatic carbocycles. The summed E-state index contributed by atoms with van der Waals surface area (Å²) in [6.07, 6.45) is 3.51. The van der Waals surface area contributed by atoms with Crippen molar-refractivity contribution in [2.24, 2.45) is 0 Å². The van der Waals surface area contributed by atoms with E-state index in [1.54, 1.807) is 26.0 Å². The molecule has 2 heterocycles. The Bertz CT molecular complexity index is 1230. The summed E-state index contributed by atoms with van der Waals surface area (Å²) in [5.41, 5.74) is 3.20. The highest BCUT2D eigenvalue weighted by Gasteiger charge is 2.15. The summed E-state index contributed by atoms with van der Waals surface area (Å²) < 4.78 is 10.8. The first-order chi connectivity index (χ1) is 14.6. The van der Waals surface area contributed by atoms with E-state index in [1.807, 2.05) is 42.7 Å². The summed E-state index contributed by atoms with van der Waals surface area (Å²) in [6.45, 7) is 0. The van der Waals surface area contributed by atoms with E-state index in [0.717, 1.165) is 32.5 Å². The number of hydrogen-bond acceptors (Lipinski definition) is 7. The first-order valence-electron chi connectivity index (χ1n) is 9.08. The maximum Gasteiger partial charge on any atom is 0.234 e. The summed E-state index contributed by atoms with van der Waals surface area (Å²) in [5, 5.41) is 4.55. The lowest BCUT2D eigenvalue weighted by Crippen LogP contribution is -2.14. The van der Waals surface area contributed by atoms with Crippen LogP contribution in [0.15, 0.2) is 52.6 Å². The van der Waals surface area contributed by atoms with Crippen LogP contribution < -0.4 is 14.8 Å². The molecule has 154 valence electrons. The van der Waals surface area contributed by atoms with Gasteiger partial charge in [-0.15, -0.1) is 11.8 Å². The van der Waals surface area contributed by atoms with Crippen molar-refractivity contribution in [1.29, 1.82) is 0 Å². The Labute approximate surface area is 182 Å². The van der Waals surface area contributed by atoms with Gasteiger partial charge in [0.25, 0.3) is 0 Å². The van der Waals surface area contributed by atoms with Crippen LogP contribution in [0.25, 0.3) is 21.9 Å². The number of H-pyrrole nitrogens is 1. The zero-order valence-corrected chi connectivity index (χ0v) is 18.3. The molecule has 0 saturated heterocycles. The molecule has 0 unspecified atom stereocenters. The highest BCUT2D eigenvalue weighted by Crippen LogP contribution is 2.36. The lowest BCUT2D eigenvalue weighted by atomic mass is 10.2. The quantitative estimate of drug-likeness (QED) is 0.321. The van der Waals surface area contributed by atoms with E-state index in [-0.39, 0.29) is 11.7 Å². The molecule has 1 amide bonds. The van der Waals surface area contributed by atoms with Gasteiger partial charge in [-0.1, -0.05) is 17.8 Å². The largest absolute Gasteiger partial charge is 0.493 e. The fourth-order valence-corrected chi connectivity index (χ4v) is 4.35. The average Bonchev–Trinajstić information content (AvgIpc) is 3.14. The minimum Gasteiger partial charge on any atom is -0.493 e. The van der Waals surface area contributed by atoms with Crippen LogP contribution in [0.5, 0.6) is 11.5 Å². The van der Waals surface area contributed by atoms with Gasteiger partial charge in [0.1, 0.15) is 16.9 Å². The number of hydrogen-bond donors (Lipinski definition) is 2. The lowest BCUT2D eigenvalue weighted by Gasteiger charge is -2.07. The lowest BCUT2D eigenvalue weighted by molar-refractivity contribution is -0.113. The van der Waals surface area contributed by atoms with Gasteiger partial charge in [0.2, 0.25) is 5.91 Å². The van der Waals surface area contributed by atoms with E-state index in [0.29, 0.717) is 16.5 Å². The minimum atomic E-state index is -0.0931. The van der Waals surface area contributed by atoms with Crippen LogP contribution in [0.2, 0.25) is 0 Å². The number of nitrogens with zero attached hydrogens (tertiary/aromatic N) is 2. The number of benzene rings is 2. The monoisotopic (exact) mass is 440 g/mol. The van der Waals surface area contributed by atoms with Crippen molar-refractivity contribution >= 4 is 57.1 Å². The molecule has 4 aromatic rings. The van der Waals surface area contributed by atoms with Gasteiger partial charge in [0, 0.05) is 22.0 Å². The van der Waals surface area contributed by atoms with Gasteiger partial charge < -0.3 is 19.8 Å². The zero-order valence-electron chi connectivity index (χ0n) is 16.7. The number of fused-ring (bicyclic) bond motifs is 3. The Morgan fingerprint density at radius 2 is 1.93 bits per heavy atom. The molecule has 0 bridgehead atoms. The van der Waals surface area contributed by atoms with Gasteiger partial charge in [0.05, 0.1) is 31.0 Å². The Morgan fingerprint density at radius 3 is 2.70 bits per heavy atom. The third-order valence-corrected chi connectivity index (χ3v) is 6.26. The number of amides is 1. The van der Waals surface area contributed by atoms with Crippen molar-refractivity contribution < 1.29 is 14.3 Å². The number of carbonyl (C=O) groups excluding carboxylic acids is 1. The molecule has 2 aromatic heterocycles. The topological polar surface area (TPSA) is 89.1 Å². The molecule has 0 spiro atoms. The van der Waals surface area contributed by atoms with E-state index in [2.05, 4.69) is 20.3 Å². The molecule has 0 atom stereocenters. The molecule has 30 heavy (non-hydrogen) atoms. The molecular formula is C21H20N4O3S2. The van der Waals surface area contributed by atoms with Gasteiger partial charge in [-0.2, -0.15) is 0 Å². The van der Waals surface area contributed by atoms with Gasteiger partial charge in [-0.25, -0.2) is 9.97 Å². The Kier molecular flexibility index (Phi) is 6.01. The Morgan fingerprint density at radius 1 is 1.13 bits per heavy atom. The summed E-state index contributed by atoms with van der Waals surface area (Å²) in [5.74, 6) is 1.40. The van der Waals surface area contributed by atoms with Crippen LogP contribution in [0.1, 0.15) is 0 Å². The number of rotatable bonds is 7. The van der Waals surface area contributed by atoms with Crippen molar-refractivity contribution in [3.8, 4) is 11.5 Å². The second-order valence-corrected chi connectivity index (χ2v) is 8.19. The predicted molar refractivity (Wildman–Crippen MR) is 122 cm³/mol. The summed E-state index contributed by atoms with van der Waals surface area (Å²) in [7, 11) is 3.20. The van der Waals surface area contributed by atoms with Gasteiger partial charge in [0.15, 0.2) is 11.5 Å². The van der Waals surface area contributed by atoms with Crippen LogP contribution in [0.4, 0.5) is 5.69 Å². The highest BCUT2D eigenvalue weighted by molar-refractivity contribution is 8.00. The predicted octanol–water partition coefficient (Wildman–Crippen LogP) is 4.58. The molecule has 0 saturated carbocycles. The number of carbonyl (C=O) groups is 1. The van der Waals surface area contributed by atoms with Crippen LogP contribution in [0, 0.1) is 0 Å². The second-order valence-electron chi connectivity index (χ2n) is 6.35. The Balaban J connectivity index is 1.57. The average molecular weight is 441 g/mol. The molecule has 0 fully saturated rings. The van der Waals surface area contributed by atoms with Gasteiger partial charge >= 0.3 is 0 Å². The molecule has 0 aliphatic heterocycles. The second kappa shape index (κ2) is 8.85. The van der Waals surface area contributed by atoms with Crippen molar-refractivity contribution in [2.45, 2.75) is 9.92 Å². The maximum absolute atomic E-state index is 12.4. The number of aromatic nitrogens is 3. The number of anilines is 1. The number of ether oxygens (including phenoxy) is 2. The standard InChI is InChI=1S/C21H20N4O3S2/c1-27-16-8-14-15(9-17(16)28-2)25-20-19(14)22-11-23-21(20)30-10-18(26)24-12-5-4-6-13(7-12)29-3/h4-9,11,25H,10H2,1-3H3,(H,24,26). The van der Waals surface area contributed by atoms with Gasteiger partial charge in [-0.05, 0) is 30.5 Å². The van der Waals surface area contributed by atoms with Crippen LogP contribution in [-0.4, -0.2) is 47.1 Å². The number of aromatic amines is 1.